The Morgan fingerprint density at radius 1 is 1.21 bits per heavy atom. The van der Waals surface area contributed by atoms with Crippen molar-refractivity contribution in [2.75, 3.05) is 18.4 Å². The van der Waals surface area contributed by atoms with Gasteiger partial charge in [-0.25, -0.2) is 9.97 Å². The van der Waals surface area contributed by atoms with Gasteiger partial charge in [0.25, 0.3) is 11.6 Å². The minimum absolute atomic E-state index is 0.0885. The maximum atomic E-state index is 12.2. The summed E-state index contributed by atoms with van der Waals surface area (Å²) in [6.45, 7) is 0.676. The summed E-state index contributed by atoms with van der Waals surface area (Å²) >= 11 is 0. The van der Waals surface area contributed by atoms with Gasteiger partial charge in [0.1, 0.15) is 24.3 Å². The number of carbonyl (C=O) groups excluding carboxylic acids is 1. The molecule has 2 heterocycles. The Labute approximate surface area is 159 Å². The van der Waals surface area contributed by atoms with Crippen molar-refractivity contribution in [3.8, 4) is 0 Å². The van der Waals surface area contributed by atoms with Crippen molar-refractivity contribution >= 4 is 17.4 Å². The van der Waals surface area contributed by atoms with Crippen molar-refractivity contribution < 1.29 is 14.1 Å². The van der Waals surface area contributed by atoms with Gasteiger partial charge in [-0.3, -0.25) is 14.9 Å². The summed E-state index contributed by atoms with van der Waals surface area (Å²) in [5, 5.41) is 16.2. The predicted molar refractivity (Wildman–Crippen MR) is 101 cm³/mol. The second kappa shape index (κ2) is 8.73. The van der Waals surface area contributed by atoms with Crippen molar-refractivity contribution in [3.05, 3.63) is 82.2 Å². The molecule has 4 N–H and O–H groups in total. The second-order valence-corrected chi connectivity index (χ2v) is 5.80. The fraction of sp³-hybridized carbons (Fsp3) is 0.167. The first kappa shape index (κ1) is 19.0. The number of nitrogens with two attached hydrogens (primary N) is 1. The number of hydrogen-bond donors (Lipinski definition) is 3. The molecule has 0 aliphatic carbocycles. The van der Waals surface area contributed by atoms with Crippen molar-refractivity contribution in [2.45, 2.75) is 6.04 Å². The van der Waals surface area contributed by atoms with Crippen LogP contribution in [0.25, 0.3) is 0 Å². The van der Waals surface area contributed by atoms with E-state index in [1.807, 2.05) is 30.3 Å². The van der Waals surface area contributed by atoms with Crippen LogP contribution < -0.4 is 16.4 Å². The highest BCUT2D eigenvalue weighted by molar-refractivity contribution is 5.91. The molecule has 0 spiro atoms. The van der Waals surface area contributed by atoms with Gasteiger partial charge in [0.15, 0.2) is 5.69 Å². The standard InChI is InChI=1S/C18H18N6O4/c19-16(12-4-2-1-3-5-12)18-23-14(11-28-18)17(25)21-9-8-20-15-7-6-13(10-22-15)24(26)27/h1-7,10-11,16H,8-9,19H2,(H,20,22)(H,21,25). The van der Waals surface area contributed by atoms with E-state index >= 15 is 0 Å². The van der Waals surface area contributed by atoms with Gasteiger partial charge in [-0.2, -0.15) is 0 Å². The van der Waals surface area contributed by atoms with Crippen LogP contribution in [0.4, 0.5) is 11.5 Å². The number of pyridine rings is 1. The van der Waals surface area contributed by atoms with Crippen molar-refractivity contribution in [3.63, 3.8) is 0 Å². The number of amides is 1. The molecular formula is C18H18N6O4. The van der Waals surface area contributed by atoms with E-state index in [1.54, 1.807) is 0 Å². The summed E-state index contributed by atoms with van der Waals surface area (Å²) in [4.78, 5) is 30.3. The largest absolute Gasteiger partial charge is 0.446 e. The molecule has 28 heavy (non-hydrogen) atoms. The molecule has 0 bridgehead atoms. The summed E-state index contributed by atoms with van der Waals surface area (Å²) in [5.74, 6) is 0.329. The number of hydrogen-bond acceptors (Lipinski definition) is 8. The number of carbonyl (C=O) groups is 1. The Morgan fingerprint density at radius 3 is 2.68 bits per heavy atom. The number of nitro groups is 1. The zero-order valence-corrected chi connectivity index (χ0v) is 14.7. The normalized spacial score (nSPS) is 11.6. The fourth-order valence-electron chi connectivity index (χ4n) is 2.39. The van der Waals surface area contributed by atoms with E-state index in [0.29, 0.717) is 18.9 Å². The quantitative estimate of drug-likeness (QED) is 0.304. The molecule has 0 saturated heterocycles. The van der Waals surface area contributed by atoms with Gasteiger partial charge >= 0.3 is 0 Å². The number of anilines is 1. The summed E-state index contributed by atoms with van der Waals surface area (Å²) in [6, 6.07) is 11.6. The first-order chi connectivity index (χ1) is 13.5. The van der Waals surface area contributed by atoms with Crippen molar-refractivity contribution in [1.82, 2.24) is 15.3 Å². The average molecular weight is 382 g/mol. The lowest BCUT2D eigenvalue weighted by molar-refractivity contribution is -0.385. The zero-order chi connectivity index (χ0) is 19.9. The molecule has 0 saturated carbocycles. The van der Waals surface area contributed by atoms with Gasteiger partial charge in [0.05, 0.1) is 4.92 Å². The SMILES string of the molecule is NC(c1ccccc1)c1nc(C(=O)NCCNc2ccc([N+](=O)[O-])cn2)co1. The topological polar surface area (TPSA) is 149 Å². The average Bonchev–Trinajstić information content (AvgIpc) is 3.22. The predicted octanol–water partition coefficient (Wildman–Crippen LogP) is 1.87. The molecule has 0 aliphatic rings. The molecule has 2 aromatic heterocycles. The van der Waals surface area contributed by atoms with E-state index < -0.39 is 16.9 Å². The van der Waals surface area contributed by atoms with E-state index in [9.17, 15) is 14.9 Å². The van der Waals surface area contributed by atoms with E-state index in [-0.39, 0.29) is 17.3 Å². The van der Waals surface area contributed by atoms with Gasteiger partial charge in [-0.1, -0.05) is 30.3 Å². The summed E-state index contributed by atoms with van der Waals surface area (Å²) in [5.41, 5.74) is 6.97. The van der Waals surface area contributed by atoms with Gasteiger partial charge in [-0.05, 0) is 11.6 Å². The molecule has 10 heteroatoms. The van der Waals surface area contributed by atoms with Crippen LogP contribution in [-0.2, 0) is 0 Å². The fourth-order valence-corrected chi connectivity index (χ4v) is 2.39. The summed E-state index contributed by atoms with van der Waals surface area (Å²) < 4.78 is 5.33. The minimum atomic E-state index is -0.558. The van der Waals surface area contributed by atoms with Crippen LogP contribution in [0.2, 0.25) is 0 Å². The molecule has 144 valence electrons. The Bertz CT molecular complexity index is 942. The first-order valence-electron chi connectivity index (χ1n) is 8.43. The van der Waals surface area contributed by atoms with E-state index in [1.165, 1.54) is 18.4 Å². The smallest absolute Gasteiger partial charge is 0.287 e. The van der Waals surface area contributed by atoms with E-state index in [2.05, 4.69) is 20.6 Å². The maximum absolute atomic E-state index is 12.2. The van der Waals surface area contributed by atoms with Crippen LogP contribution in [0.1, 0.15) is 28.0 Å². The van der Waals surface area contributed by atoms with Crippen LogP contribution in [-0.4, -0.2) is 33.9 Å². The van der Waals surface area contributed by atoms with Crippen LogP contribution in [0.15, 0.2) is 59.3 Å². The summed E-state index contributed by atoms with van der Waals surface area (Å²) in [6.07, 6.45) is 2.42. The molecule has 3 rings (SSSR count). The third kappa shape index (κ3) is 4.68. The molecular weight excluding hydrogens is 364 g/mol. The molecule has 0 radical (unpaired) electrons. The third-order valence-corrected chi connectivity index (χ3v) is 3.85. The number of rotatable bonds is 8. The highest BCUT2D eigenvalue weighted by Crippen LogP contribution is 2.18. The van der Waals surface area contributed by atoms with Gasteiger partial charge < -0.3 is 20.8 Å². The van der Waals surface area contributed by atoms with Gasteiger partial charge in [0.2, 0.25) is 5.89 Å². The molecule has 0 fully saturated rings. The van der Waals surface area contributed by atoms with Crippen molar-refractivity contribution in [1.29, 1.82) is 0 Å². The number of nitrogens with zero attached hydrogens (tertiary/aromatic N) is 3. The van der Waals surface area contributed by atoms with Gasteiger partial charge in [0, 0.05) is 19.2 Å². The zero-order valence-electron chi connectivity index (χ0n) is 14.7. The lowest BCUT2D eigenvalue weighted by Gasteiger charge is -2.07. The first-order valence-corrected chi connectivity index (χ1v) is 8.43. The van der Waals surface area contributed by atoms with Gasteiger partial charge in [-0.15, -0.1) is 0 Å². The van der Waals surface area contributed by atoms with E-state index in [4.69, 9.17) is 10.2 Å². The molecule has 1 unspecified atom stereocenters. The van der Waals surface area contributed by atoms with E-state index in [0.717, 1.165) is 11.8 Å². The monoisotopic (exact) mass is 382 g/mol. The Morgan fingerprint density at radius 2 is 2.00 bits per heavy atom. The van der Waals surface area contributed by atoms with Crippen LogP contribution >= 0.6 is 0 Å². The van der Waals surface area contributed by atoms with Crippen molar-refractivity contribution in [2.24, 2.45) is 5.73 Å². The lowest BCUT2D eigenvalue weighted by Crippen LogP contribution is -2.29. The molecule has 10 nitrogen and oxygen atoms in total. The lowest BCUT2D eigenvalue weighted by atomic mass is 10.1. The molecule has 1 atom stereocenters. The highest BCUT2D eigenvalue weighted by atomic mass is 16.6. The number of oxazole rings is 1. The maximum Gasteiger partial charge on any atom is 0.287 e. The number of nitrogens with one attached hydrogen (secondary N) is 2. The molecule has 1 aromatic carbocycles. The number of aromatic nitrogens is 2. The second-order valence-electron chi connectivity index (χ2n) is 5.80. The summed E-state index contributed by atoms with van der Waals surface area (Å²) in [7, 11) is 0. The molecule has 1 amide bonds. The minimum Gasteiger partial charge on any atom is -0.446 e. The third-order valence-electron chi connectivity index (χ3n) is 3.85. The van der Waals surface area contributed by atoms with Crippen LogP contribution in [0.3, 0.4) is 0 Å². The molecule has 0 aliphatic heterocycles. The number of benzene rings is 1. The Balaban J connectivity index is 1.47. The Kier molecular flexibility index (Phi) is 5.92. The molecule has 3 aromatic rings. The Hall–Kier alpha value is -3.79. The van der Waals surface area contributed by atoms with Crippen LogP contribution in [0.5, 0.6) is 0 Å². The highest BCUT2D eigenvalue weighted by Gasteiger charge is 2.18. The van der Waals surface area contributed by atoms with Crippen LogP contribution in [0, 0.1) is 10.1 Å².